The van der Waals surface area contributed by atoms with E-state index in [9.17, 15) is 9.59 Å². The zero-order chi connectivity index (χ0) is 18.4. The molecule has 0 unspecified atom stereocenters. The Hall–Kier alpha value is -2.69. The minimum atomic E-state index is -0.697. The highest BCUT2D eigenvalue weighted by atomic mass is 16.2. The van der Waals surface area contributed by atoms with Crippen LogP contribution in [0.3, 0.4) is 0 Å². The molecule has 0 spiro atoms. The van der Waals surface area contributed by atoms with Crippen LogP contribution in [0.2, 0.25) is 0 Å². The van der Waals surface area contributed by atoms with Gasteiger partial charge in [-0.25, -0.2) is 0 Å². The summed E-state index contributed by atoms with van der Waals surface area (Å²) in [4.78, 5) is 28.3. The van der Waals surface area contributed by atoms with Gasteiger partial charge in [-0.15, -0.1) is 0 Å². The fraction of sp³-hybridized carbons (Fsp3) is 0.350. The van der Waals surface area contributed by atoms with Crippen LogP contribution in [0, 0.1) is 5.92 Å². The summed E-state index contributed by atoms with van der Waals surface area (Å²) >= 11 is 0. The SMILES string of the molecule is CC(C)c1ccc([C@H](NC(=O)C(=O)Nc2cccnc2)C(C)C)cc1. The zero-order valence-electron chi connectivity index (χ0n) is 15.1. The van der Waals surface area contributed by atoms with E-state index >= 15 is 0 Å². The monoisotopic (exact) mass is 339 g/mol. The van der Waals surface area contributed by atoms with Crippen molar-refractivity contribution in [3.05, 3.63) is 59.9 Å². The van der Waals surface area contributed by atoms with Crippen LogP contribution < -0.4 is 10.6 Å². The van der Waals surface area contributed by atoms with Gasteiger partial charge in [0.1, 0.15) is 0 Å². The number of pyridine rings is 1. The number of hydrogen-bond acceptors (Lipinski definition) is 3. The van der Waals surface area contributed by atoms with E-state index in [1.807, 2.05) is 26.0 Å². The molecule has 5 heteroatoms. The summed E-state index contributed by atoms with van der Waals surface area (Å²) in [6.07, 6.45) is 3.10. The van der Waals surface area contributed by atoms with Gasteiger partial charge in [0.2, 0.25) is 0 Å². The lowest BCUT2D eigenvalue weighted by molar-refractivity contribution is -0.136. The molecule has 0 saturated heterocycles. The minimum Gasteiger partial charge on any atom is -0.341 e. The number of benzene rings is 1. The average Bonchev–Trinajstić information content (AvgIpc) is 2.60. The van der Waals surface area contributed by atoms with Crippen LogP contribution in [0.25, 0.3) is 0 Å². The fourth-order valence-electron chi connectivity index (χ4n) is 2.55. The van der Waals surface area contributed by atoms with Crippen LogP contribution in [0.15, 0.2) is 48.8 Å². The number of rotatable bonds is 5. The van der Waals surface area contributed by atoms with Gasteiger partial charge < -0.3 is 10.6 Å². The van der Waals surface area contributed by atoms with Crippen molar-refractivity contribution in [2.75, 3.05) is 5.32 Å². The standard InChI is InChI=1S/C20H25N3O2/c1-13(2)15-7-9-16(10-8-15)18(14(3)4)23-20(25)19(24)22-17-6-5-11-21-12-17/h5-14,18H,1-4H3,(H,22,24)(H,23,25)/t18-/m1/s1. The van der Waals surface area contributed by atoms with Crippen LogP contribution in [0.5, 0.6) is 0 Å². The van der Waals surface area contributed by atoms with Crippen LogP contribution in [-0.2, 0) is 9.59 Å². The Morgan fingerprint density at radius 2 is 1.56 bits per heavy atom. The second kappa shape index (κ2) is 8.42. The second-order valence-corrected chi connectivity index (χ2v) is 6.71. The van der Waals surface area contributed by atoms with E-state index in [0.717, 1.165) is 5.56 Å². The Balaban J connectivity index is 2.07. The quantitative estimate of drug-likeness (QED) is 0.817. The predicted octanol–water partition coefficient (Wildman–Crippen LogP) is 3.66. The van der Waals surface area contributed by atoms with E-state index in [4.69, 9.17) is 0 Å². The molecular weight excluding hydrogens is 314 g/mol. The maximum atomic E-state index is 12.3. The van der Waals surface area contributed by atoms with Crippen molar-refractivity contribution >= 4 is 17.5 Å². The highest BCUT2D eigenvalue weighted by Gasteiger charge is 2.22. The predicted molar refractivity (Wildman–Crippen MR) is 99.1 cm³/mol. The average molecular weight is 339 g/mol. The molecule has 2 N–H and O–H groups in total. The summed E-state index contributed by atoms with van der Waals surface area (Å²) in [6, 6.07) is 11.3. The third-order valence-electron chi connectivity index (χ3n) is 4.04. The Morgan fingerprint density at radius 1 is 0.920 bits per heavy atom. The molecule has 0 aliphatic carbocycles. The molecule has 0 bridgehead atoms. The van der Waals surface area contributed by atoms with Gasteiger partial charge in [0, 0.05) is 6.20 Å². The van der Waals surface area contributed by atoms with E-state index in [1.165, 1.54) is 11.8 Å². The van der Waals surface area contributed by atoms with Gasteiger partial charge in [0.25, 0.3) is 0 Å². The molecule has 1 heterocycles. The first-order valence-electron chi connectivity index (χ1n) is 8.50. The molecule has 0 fully saturated rings. The lowest BCUT2D eigenvalue weighted by Crippen LogP contribution is -2.39. The van der Waals surface area contributed by atoms with Crippen molar-refractivity contribution in [1.82, 2.24) is 10.3 Å². The van der Waals surface area contributed by atoms with E-state index in [2.05, 4.69) is 41.6 Å². The molecule has 0 aliphatic heterocycles. The normalized spacial score (nSPS) is 12.1. The van der Waals surface area contributed by atoms with E-state index in [1.54, 1.807) is 18.3 Å². The number of carbonyl (C=O) groups excluding carboxylic acids is 2. The molecule has 2 aromatic rings. The van der Waals surface area contributed by atoms with Crippen molar-refractivity contribution in [1.29, 1.82) is 0 Å². The number of nitrogens with one attached hydrogen (secondary N) is 2. The Kier molecular flexibility index (Phi) is 6.28. The van der Waals surface area contributed by atoms with Gasteiger partial charge >= 0.3 is 11.8 Å². The molecular formula is C20H25N3O2. The lowest BCUT2D eigenvalue weighted by atomic mass is 9.93. The van der Waals surface area contributed by atoms with E-state index in [-0.39, 0.29) is 12.0 Å². The molecule has 0 aliphatic rings. The van der Waals surface area contributed by atoms with E-state index in [0.29, 0.717) is 11.6 Å². The van der Waals surface area contributed by atoms with Crippen LogP contribution >= 0.6 is 0 Å². The highest BCUT2D eigenvalue weighted by molar-refractivity contribution is 6.39. The number of nitrogens with zero attached hydrogens (tertiary/aromatic N) is 1. The highest BCUT2D eigenvalue weighted by Crippen LogP contribution is 2.24. The number of amides is 2. The number of aromatic nitrogens is 1. The maximum absolute atomic E-state index is 12.3. The summed E-state index contributed by atoms with van der Waals surface area (Å²) < 4.78 is 0. The number of carbonyl (C=O) groups is 2. The van der Waals surface area contributed by atoms with E-state index < -0.39 is 11.8 Å². The topological polar surface area (TPSA) is 71.1 Å². The first-order valence-corrected chi connectivity index (χ1v) is 8.50. The summed E-state index contributed by atoms with van der Waals surface area (Å²) in [6.45, 7) is 8.31. The van der Waals surface area contributed by atoms with Crippen molar-refractivity contribution in [2.45, 2.75) is 39.7 Å². The molecule has 25 heavy (non-hydrogen) atoms. The maximum Gasteiger partial charge on any atom is 0.313 e. The van der Waals surface area contributed by atoms with Crippen LogP contribution in [-0.4, -0.2) is 16.8 Å². The first-order chi connectivity index (χ1) is 11.9. The van der Waals surface area contributed by atoms with Crippen molar-refractivity contribution in [3.63, 3.8) is 0 Å². The molecule has 2 amide bonds. The molecule has 1 atom stereocenters. The zero-order valence-corrected chi connectivity index (χ0v) is 15.1. The van der Waals surface area contributed by atoms with Crippen molar-refractivity contribution in [2.24, 2.45) is 5.92 Å². The Bertz CT molecular complexity index is 709. The van der Waals surface area contributed by atoms with Gasteiger partial charge in [0.15, 0.2) is 0 Å². The third kappa shape index (κ3) is 5.14. The summed E-state index contributed by atoms with van der Waals surface area (Å²) in [5, 5.41) is 5.38. The smallest absolute Gasteiger partial charge is 0.313 e. The summed E-state index contributed by atoms with van der Waals surface area (Å²) in [5.41, 5.74) is 2.72. The summed E-state index contributed by atoms with van der Waals surface area (Å²) in [5.74, 6) is -0.751. The fourth-order valence-corrected chi connectivity index (χ4v) is 2.55. The van der Waals surface area contributed by atoms with Crippen molar-refractivity contribution < 1.29 is 9.59 Å². The molecule has 5 nitrogen and oxygen atoms in total. The van der Waals surface area contributed by atoms with Crippen LogP contribution in [0.1, 0.15) is 50.8 Å². The molecule has 2 rings (SSSR count). The molecule has 1 aromatic heterocycles. The Labute approximate surface area is 148 Å². The molecule has 0 radical (unpaired) electrons. The van der Waals surface area contributed by atoms with Gasteiger partial charge in [0.05, 0.1) is 17.9 Å². The lowest BCUT2D eigenvalue weighted by Gasteiger charge is -2.23. The first kappa shape index (κ1) is 18.6. The largest absolute Gasteiger partial charge is 0.341 e. The summed E-state index contributed by atoms with van der Waals surface area (Å²) in [7, 11) is 0. The van der Waals surface area contributed by atoms with Gasteiger partial charge in [-0.05, 0) is 35.1 Å². The molecule has 0 saturated carbocycles. The third-order valence-corrected chi connectivity index (χ3v) is 4.04. The van der Waals surface area contributed by atoms with Crippen molar-refractivity contribution in [3.8, 4) is 0 Å². The minimum absolute atomic E-state index is 0.153. The van der Waals surface area contributed by atoms with Gasteiger partial charge in [-0.2, -0.15) is 0 Å². The number of hydrogen-bond donors (Lipinski definition) is 2. The second-order valence-electron chi connectivity index (χ2n) is 6.71. The number of anilines is 1. The molecule has 1 aromatic carbocycles. The molecule has 132 valence electrons. The van der Waals surface area contributed by atoms with Crippen LogP contribution in [0.4, 0.5) is 5.69 Å². The van der Waals surface area contributed by atoms with Gasteiger partial charge in [-0.1, -0.05) is 52.0 Å². The van der Waals surface area contributed by atoms with Gasteiger partial charge in [-0.3, -0.25) is 14.6 Å². The Morgan fingerprint density at radius 3 is 2.08 bits per heavy atom.